The van der Waals surface area contributed by atoms with Crippen molar-refractivity contribution in [2.45, 2.75) is 13.1 Å². The van der Waals surface area contributed by atoms with Gasteiger partial charge in [-0.1, -0.05) is 147 Å². The monoisotopic (exact) mass is 685 g/mol. The van der Waals surface area contributed by atoms with Gasteiger partial charge in [-0.2, -0.15) is 0 Å². The van der Waals surface area contributed by atoms with Gasteiger partial charge in [0, 0.05) is 42.7 Å². The molecule has 0 saturated heterocycles. The average molecular weight is 686 g/mol. The molecule has 0 saturated carbocycles. The summed E-state index contributed by atoms with van der Waals surface area (Å²) in [6.45, 7) is 5.06. The minimum absolute atomic E-state index is 1.15. The molecule has 0 aliphatic carbocycles. The Morgan fingerprint density at radius 3 is 1.96 bits per heavy atom. The highest BCUT2D eigenvalue weighted by Crippen LogP contribution is 2.48. The van der Waals surface area contributed by atoms with E-state index in [9.17, 15) is 0 Å². The van der Waals surface area contributed by atoms with Gasteiger partial charge in [0.05, 0.1) is 5.69 Å². The highest BCUT2D eigenvalue weighted by atomic mass is 32.1. The van der Waals surface area contributed by atoms with Gasteiger partial charge in [0.2, 0.25) is 0 Å². The van der Waals surface area contributed by atoms with Crippen LogP contribution in [0.3, 0.4) is 0 Å². The van der Waals surface area contributed by atoms with Crippen LogP contribution in [0.15, 0.2) is 176 Å². The molecule has 0 radical (unpaired) electrons. The molecule has 1 aliphatic rings. The van der Waals surface area contributed by atoms with Crippen LogP contribution in [0.4, 0.5) is 17.1 Å². The van der Waals surface area contributed by atoms with E-state index in [1.807, 2.05) is 11.3 Å². The summed E-state index contributed by atoms with van der Waals surface area (Å²) in [5.74, 6) is 0. The van der Waals surface area contributed by atoms with Crippen LogP contribution in [-0.2, 0) is 0 Å². The predicted octanol–water partition coefficient (Wildman–Crippen LogP) is 12.8. The molecular formula is C48H35NSSi. The van der Waals surface area contributed by atoms with Crippen molar-refractivity contribution in [3.05, 3.63) is 176 Å². The predicted molar refractivity (Wildman–Crippen MR) is 225 cm³/mol. The molecule has 242 valence electrons. The van der Waals surface area contributed by atoms with Crippen LogP contribution in [-0.4, -0.2) is 8.07 Å². The first-order valence-corrected chi connectivity index (χ1v) is 21.5. The summed E-state index contributed by atoms with van der Waals surface area (Å²) in [7, 11) is -1.99. The van der Waals surface area contributed by atoms with Gasteiger partial charge >= 0.3 is 0 Å². The molecule has 0 atom stereocenters. The van der Waals surface area contributed by atoms with E-state index in [4.69, 9.17) is 0 Å². The summed E-state index contributed by atoms with van der Waals surface area (Å²) in [4.78, 5) is 2.50. The summed E-state index contributed by atoms with van der Waals surface area (Å²) in [5, 5.41) is 8.27. The van der Waals surface area contributed by atoms with Gasteiger partial charge < -0.3 is 4.90 Å². The zero-order valence-corrected chi connectivity index (χ0v) is 30.4. The number of hydrogen-bond acceptors (Lipinski definition) is 2. The Labute approximate surface area is 303 Å². The molecule has 3 heteroatoms. The average Bonchev–Trinajstić information content (AvgIpc) is 3.68. The van der Waals surface area contributed by atoms with E-state index in [0.29, 0.717) is 0 Å². The lowest BCUT2D eigenvalue weighted by molar-refractivity contribution is 1.29. The van der Waals surface area contributed by atoms with Crippen molar-refractivity contribution in [2.24, 2.45) is 0 Å². The minimum atomic E-state index is -1.99. The van der Waals surface area contributed by atoms with Crippen molar-refractivity contribution in [2.75, 3.05) is 4.90 Å². The van der Waals surface area contributed by atoms with Gasteiger partial charge in [-0.05, 0) is 85.9 Å². The van der Waals surface area contributed by atoms with Gasteiger partial charge in [0.1, 0.15) is 8.07 Å². The number of hydrogen-bond donors (Lipinski definition) is 0. The number of nitrogens with zero attached hydrogens (tertiary/aromatic N) is 1. The van der Waals surface area contributed by atoms with E-state index in [1.54, 1.807) is 0 Å². The third kappa shape index (κ3) is 4.80. The van der Waals surface area contributed by atoms with Crippen molar-refractivity contribution < 1.29 is 0 Å². The van der Waals surface area contributed by atoms with E-state index in [-0.39, 0.29) is 0 Å². The van der Waals surface area contributed by atoms with E-state index in [1.165, 1.54) is 80.4 Å². The Morgan fingerprint density at radius 2 is 1.10 bits per heavy atom. The number of thiophene rings is 1. The zero-order valence-electron chi connectivity index (χ0n) is 28.6. The van der Waals surface area contributed by atoms with Crippen LogP contribution >= 0.6 is 11.3 Å². The number of rotatable bonds is 5. The lowest BCUT2D eigenvalue weighted by atomic mass is 9.98. The molecule has 1 aromatic heterocycles. The van der Waals surface area contributed by atoms with Crippen LogP contribution in [0.1, 0.15) is 0 Å². The third-order valence-electron chi connectivity index (χ3n) is 10.8. The van der Waals surface area contributed by atoms with E-state index in [2.05, 4.69) is 194 Å². The first kappa shape index (κ1) is 30.1. The largest absolute Gasteiger partial charge is 0.310 e. The Morgan fingerprint density at radius 1 is 0.431 bits per heavy atom. The lowest BCUT2D eigenvalue weighted by Gasteiger charge is -2.29. The molecule has 0 spiro atoms. The second kappa shape index (κ2) is 11.7. The topological polar surface area (TPSA) is 3.24 Å². The normalized spacial score (nSPS) is 13.1. The zero-order chi connectivity index (χ0) is 34.1. The van der Waals surface area contributed by atoms with Crippen LogP contribution in [0, 0.1) is 0 Å². The molecule has 0 N–H and O–H groups in total. The molecular weight excluding hydrogens is 651 g/mol. The van der Waals surface area contributed by atoms with Crippen molar-refractivity contribution in [3.63, 3.8) is 0 Å². The summed E-state index contributed by atoms with van der Waals surface area (Å²) in [5.41, 5.74) is 11.2. The van der Waals surface area contributed by atoms with Crippen molar-refractivity contribution in [1.29, 1.82) is 0 Å². The summed E-state index contributed by atoms with van der Waals surface area (Å²) in [6, 6.07) is 65.1. The minimum Gasteiger partial charge on any atom is -0.310 e. The van der Waals surface area contributed by atoms with E-state index in [0.717, 1.165) is 11.4 Å². The molecule has 10 rings (SSSR count). The Balaban J connectivity index is 1.21. The van der Waals surface area contributed by atoms with Crippen LogP contribution in [0.2, 0.25) is 13.1 Å². The maximum Gasteiger partial charge on any atom is 0.114 e. The first-order valence-electron chi connectivity index (χ1n) is 17.7. The fraction of sp³-hybridized carbons (Fsp3) is 0.0417. The molecule has 0 fully saturated rings. The molecule has 1 aliphatic heterocycles. The smallest absolute Gasteiger partial charge is 0.114 e. The molecule has 2 heterocycles. The summed E-state index contributed by atoms with van der Waals surface area (Å²) < 4.78 is 2.76. The quantitative estimate of drug-likeness (QED) is 0.163. The maximum atomic E-state index is 2.53. The van der Waals surface area contributed by atoms with E-state index >= 15 is 0 Å². The van der Waals surface area contributed by atoms with E-state index < -0.39 is 8.07 Å². The van der Waals surface area contributed by atoms with Crippen molar-refractivity contribution >= 4 is 77.8 Å². The fourth-order valence-corrected chi connectivity index (χ4v) is 12.7. The summed E-state index contributed by atoms with van der Waals surface area (Å²) in [6.07, 6.45) is 0. The van der Waals surface area contributed by atoms with Crippen molar-refractivity contribution in [1.82, 2.24) is 0 Å². The second-order valence-electron chi connectivity index (χ2n) is 14.1. The molecule has 0 bridgehead atoms. The number of fused-ring (bicyclic) bond motifs is 8. The maximum absolute atomic E-state index is 2.53. The van der Waals surface area contributed by atoms with Gasteiger partial charge in [-0.3, -0.25) is 0 Å². The molecule has 51 heavy (non-hydrogen) atoms. The van der Waals surface area contributed by atoms with Gasteiger partial charge in [0.15, 0.2) is 0 Å². The highest BCUT2D eigenvalue weighted by molar-refractivity contribution is 7.26. The molecule has 9 aromatic rings. The summed E-state index contributed by atoms with van der Waals surface area (Å²) >= 11 is 1.95. The molecule has 0 unspecified atom stereocenters. The number of anilines is 3. The lowest BCUT2D eigenvalue weighted by Crippen LogP contribution is -2.49. The number of benzene rings is 8. The van der Waals surface area contributed by atoms with Gasteiger partial charge in [-0.25, -0.2) is 0 Å². The van der Waals surface area contributed by atoms with Gasteiger partial charge in [0.25, 0.3) is 0 Å². The highest BCUT2D eigenvalue weighted by Gasteiger charge is 2.41. The molecule has 8 aromatic carbocycles. The fourth-order valence-electron chi connectivity index (χ4n) is 8.27. The molecule has 0 amide bonds. The van der Waals surface area contributed by atoms with Crippen molar-refractivity contribution in [3.8, 4) is 33.4 Å². The SMILES string of the molecule is C[Si]1(C)c2cccc(N(c3ccc(-c4ccccc4)cc3)c3cccc(-c4ccc5ccccc5c4)c3)c2-c2c1ccc1c2sc2ccccc21. The first-order chi connectivity index (χ1) is 25.0. The molecule has 1 nitrogen and oxygen atoms in total. The van der Waals surface area contributed by atoms with Gasteiger partial charge in [-0.15, -0.1) is 11.3 Å². The Bertz CT molecular complexity index is 2780. The van der Waals surface area contributed by atoms with Crippen LogP contribution in [0.25, 0.3) is 64.3 Å². The second-order valence-corrected chi connectivity index (χ2v) is 19.5. The van der Waals surface area contributed by atoms with Crippen LogP contribution in [0.5, 0.6) is 0 Å². The third-order valence-corrected chi connectivity index (χ3v) is 15.6. The Hall–Kier alpha value is -5.74. The Kier molecular flexibility index (Phi) is 6.89. The van der Waals surface area contributed by atoms with Crippen LogP contribution < -0.4 is 15.3 Å². The standard InChI is InChI=1S/C48H35NSSi/c1-51(2)44-21-11-19-42(46(44)47-45(51)29-28-41-40-18-8-9-20-43(40)50-48(41)47)49(38-26-24-34(25-27-38)32-12-4-3-5-13-32)39-17-10-16-36(31-39)37-23-22-33-14-6-7-15-35(33)30-37/h3-31H,1-2H3.